The van der Waals surface area contributed by atoms with Crippen molar-refractivity contribution in [2.45, 2.75) is 38.6 Å². The molecule has 7 nitrogen and oxygen atoms in total. The average molecular weight is 424 g/mol. The van der Waals surface area contributed by atoms with E-state index in [1.165, 1.54) is 17.0 Å². The molecule has 1 N–H and O–H groups in total. The van der Waals surface area contributed by atoms with Gasteiger partial charge in [0.05, 0.1) is 25.0 Å². The third kappa shape index (κ3) is 4.68. The molecule has 1 aliphatic rings. The number of amides is 2. The third-order valence-corrected chi connectivity index (χ3v) is 5.47. The van der Waals surface area contributed by atoms with Crippen LogP contribution >= 0.6 is 0 Å². The lowest BCUT2D eigenvalue weighted by Gasteiger charge is -2.16. The fourth-order valence-electron chi connectivity index (χ4n) is 3.87. The number of nitrogens with zero attached hydrogens (tertiary/aromatic N) is 3. The molecule has 0 aliphatic heterocycles. The highest BCUT2D eigenvalue weighted by Gasteiger charge is 2.27. The lowest BCUT2D eigenvalue weighted by molar-refractivity contribution is -0.121. The summed E-state index contributed by atoms with van der Waals surface area (Å²) in [5.41, 5.74) is 3.00. The fourth-order valence-corrected chi connectivity index (χ4v) is 3.87. The topological polar surface area (TPSA) is 80.4 Å². The highest BCUT2D eigenvalue weighted by atomic mass is 19.1. The number of hydrogen-bond donors (Lipinski definition) is 1. The third-order valence-electron chi connectivity index (χ3n) is 5.47. The van der Waals surface area contributed by atoms with E-state index in [9.17, 15) is 14.0 Å². The first kappa shape index (κ1) is 20.8. The molecule has 0 unspecified atom stereocenters. The van der Waals surface area contributed by atoms with Crippen molar-refractivity contribution in [1.29, 1.82) is 0 Å². The Balaban J connectivity index is 1.54. The predicted molar refractivity (Wildman–Crippen MR) is 112 cm³/mol. The summed E-state index contributed by atoms with van der Waals surface area (Å²) in [5.74, 6) is -0.257. The molecule has 31 heavy (non-hydrogen) atoms. The normalized spacial score (nSPS) is 13.4. The number of benzene rings is 1. The number of carbonyl (C=O) groups is 2. The molecule has 162 valence electrons. The molecule has 0 radical (unpaired) electrons. The quantitative estimate of drug-likeness (QED) is 0.616. The van der Waals surface area contributed by atoms with Gasteiger partial charge in [-0.25, -0.2) is 9.07 Å². The standard InChI is InChI=1S/C23H25FN4O3/c1-27(15-21(29)25-14-18-6-5-13-31-18)23(30)22-19-7-3-2-4-8-20(19)28(26-22)17-11-9-16(24)10-12-17/h5-6,9-13H,2-4,7-8,14-15H2,1H3,(H,25,29). The number of rotatable bonds is 6. The Morgan fingerprint density at radius 3 is 2.68 bits per heavy atom. The van der Waals surface area contributed by atoms with Gasteiger partial charge in [0.2, 0.25) is 5.91 Å². The fraction of sp³-hybridized carbons (Fsp3) is 0.348. The molecule has 8 heteroatoms. The number of nitrogens with one attached hydrogen (secondary N) is 1. The SMILES string of the molecule is CN(CC(=O)NCc1ccco1)C(=O)c1nn(-c2ccc(F)cc2)c2c1CCCCC2. The number of hydrogen-bond acceptors (Lipinski definition) is 4. The van der Waals surface area contributed by atoms with Gasteiger partial charge in [-0.3, -0.25) is 9.59 Å². The molecular weight excluding hydrogens is 399 g/mol. The Hall–Kier alpha value is -3.42. The monoisotopic (exact) mass is 424 g/mol. The van der Waals surface area contributed by atoms with Gasteiger partial charge in [-0.15, -0.1) is 0 Å². The van der Waals surface area contributed by atoms with E-state index in [2.05, 4.69) is 10.4 Å². The van der Waals surface area contributed by atoms with E-state index in [1.54, 1.807) is 42.3 Å². The smallest absolute Gasteiger partial charge is 0.274 e. The maximum atomic E-state index is 13.4. The molecule has 2 heterocycles. The van der Waals surface area contributed by atoms with Crippen LogP contribution in [0.5, 0.6) is 0 Å². The first-order chi connectivity index (χ1) is 15.0. The van der Waals surface area contributed by atoms with E-state index < -0.39 is 0 Å². The van der Waals surface area contributed by atoms with Crippen molar-refractivity contribution in [3.8, 4) is 5.69 Å². The van der Waals surface area contributed by atoms with Crippen LogP contribution in [0.2, 0.25) is 0 Å². The van der Waals surface area contributed by atoms with Gasteiger partial charge in [0, 0.05) is 18.3 Å². The second kappa shape index (κ2) is 9.16. The number of likely N-dealkylation sites (N-methyl/N-ethyl adjacent to an activating group) is 1. The number of furan rings is 1. The Morgan fingerprint density at radius 2 is 1.94 bits per heavy atom. The lowest BCUT2D eigenvalue weighted by Crippen LogP contribution is -2.38. The minimum Gasteiger partial charge on any atom is -0.467 e. The van der Waals surface area contributed by atoms with Crippen LogP contribution in [0, 0.1) is 5.82 Å². The largest absolute Gasteiger partial charge is 0.467 e. The summed E-state index contributed by atoms with van der Waals surface area (Å²) >= 11 is 0. The molecule has 0 bridgehead atoms. The number of aromatic nitrogens is 2. The summed E-state index contributed by atoms with van der Waals surface area (Å²) < 4.78 is 20.3. The van der Waals surface area contributed by atoms with Crippen molar-refractivity contribution in [3.63, 3.8) is 0 Å². The molecule has 1 aromatic carbocycles. The molecule has 2 amide bonds. The van der Waals surface area contributed by atoms with E-state index in [0.29, 0.717) is 11.5 Å². The van der Waals surface area contributed by atoms with Crippen molar-refractivity contribution < 1.29 is 18.4 Å². The maximum Gasteiger partial charge on any atom is 0.274 e. The van der Waals surface area contributed by atoms with E-state index in [0.717, 1.165) is 49.0 Å². The molecule has 0 spiro atoms. The zero-order valence-corrected chi connectivity index (χ0v) is 17.4. The Labute approximate surface area is 179 Å². The van der Waals surface area contributed by atoms with Gasteiger partial charge >= 0.3 is 0 Å². The molecule has 4 rings (SSSR count). The van der Waals surface area contributed by atoms with Gasteiger partial charge in [0.25, 0.3) is 5.91 Å². The summed E-state index contributed by atoms with van der Waals surface area (Å²) in [6.45, 7) is 0.181. The summed E-state index contributed by atoms with van der Waals surface area (Å²) in [4.78, 5) is 26.8. The zero-order chi connectivity index (χ0) is 21.8. The molecule has 0 atom stereocenters. The van der Waals surface area contributed by atoms with Crippen molar-refractivity contribution in [2.24, 2.45) is 0 Å². The molecule has 1 aliphatic carbocycles. The van der Waals surface area contributed by atoms with E-state index in [-0.39, 0.29) is 30.7 Å². The first-order valence-electron chi connectivity index (χ1n) is 10.4. The first-order valence-corrected chi connectivity index (χ1v) is 10.4. The van der Waals surface area contributed by atoms with E-state index in [1.807, 2.05) is 0 Å². The van der Waals surface area contributed by atoms with Gasteiger partial charge in [-0.2, -0.15) is 5.10 Å². The second-order valence-electron chi connectivity index (χ2n) is 7.74. The Bertz CT molecular complexity index is 1060. The number of halogens is 1. The summed E-state index contributed by atoms with van der Waals surface area (Å²) in [6.07, 6.45) is 6.18. The molecule has 2 aromatic heterocycles. The van der Waals surface area contributed by atoms with Crippen molar-refractivity contribution in [3.05, 3.63) is 71.2 Å². The van der Waals surface area contributed by atoms with Crippen LogP contribution in [0.25, 0.3) is 5.69 Å². The van der Waals surface area contributed by atoms with Crippen molar-refractivity contribution >= 4 is 11.8 Å². The van der Waals surface area contributed by atoms with Crippen LogP contribution < -0.4 is 5.32 Å². The van der Waals surface area contributed by atoms with Crippen LogP contribution in [0.4, 0.5) is 4.39 Å². The molecule has 3 aromatic rings. The second-order valence-corrected chi connectivity index (χ2v) is 7.74. The molecular formula is C23H25FN4O3. The van der Waals surface area contributed by atoms with Crippen molar-refractivity contribution in [2.75, 3.05) is 13.6 Å². The zero-order valence-electron chi connectivity index (χ0n) is 17.4. The van der Waals surface area contributed by atoms with Gasteiger partial charge in [0.1, 0.15) is 11.6 Å². The van der Waals surface area contributed by atoms with Crippen LogP contribution in [-0.4, -0.2) is 40.1 Å². The molecule has 0 saturated heterocycles. The average Bonchev–Trinajstić information content (AvgIpc) is 3.34. The number of carbonyl (C=O) groups excluding carboxylic acids is 2. The minimum atomic E-state index is -0.321. The van der Waals surface area contributed by atoms with Crippen LogP contribution in [0.3, 0.4) is 0 Å². The summed E-state index contributed by atoms with van der Waals surface area (Å²) in [6, 6.07) is 9.61. The maximum absolute atomic E-state index is 13.4. The van der Waals surface area contributed by atoms with Crippen LogP contribution in [0.15, 0.2) is 47.1 Å². The summed E-state index contributed by atoms with van der Waals surface area (Å²) in [7, 11) is 1.59. The summed E-state index contributed by atoms with van der Waals surface area (Å²) in [5, 5.41) is 7.35. The Morgan fingerprint density at radius 1 is 1.16 bits per heavy atom. The lowest BCUT2D eigenvalue weighted by atomic mass is 10.1. The van der Waals surface area contributed by atoms with Gasteiger partial charge in [-0.05, 0) is 62.1 Å². The Kier molecular flexibility index (Phi) is 6.16. The minimum absolute atomic E-state index is 0.0856. The van der Waals surface area contributed by atoms with Crippen LogP contribution in [0.1, 0.15) is 46.8 Å². The van der Waals surface area contributed by atoms with Gasteiger partial charge in [-0.1, -0.05) is 6.42 Å². The van der Waals surface area contributed by atoms with Gasteiger partial charge in [0.15, 0.2) is 5.69 Å². The molecule has 0 saturated carbocycles. The van der Waals surface area contributed by atoms with Crippen LogP contribution in [-0.2, 0) is 24.2 Å². The van der Waals surface area contributed by atoms with Crippen molar-refractivity contribution in [1.82, 2.24) is 20.0 Å². The van der Waals surface area contributed by atoms with E-state index in [4.69, 9.17) is 4.42 Å². The highest BCUT2D eigenvalue weighted by Crippen LogP contribution is 2.27. The predicted octanol–water partition coefficient (Wildman–Crippen LogP) is 3.26. The highest BCUT2D eigenvalue weighted by molar-refractivity contribution is 5.96. The van der Waals surface area contributed by atoms with Gasteiger partial charge < -0.3 is 14.6 Å². The number of fused-ring (bicyclic) bond motifs is 1. The van der Waals surface area contributed by atoms with E-state index >= 15 is 0 Å². The molecule has 0 fully saturated rings.